The molecule has 1 aliphatic rings. The standard InChI is InChI=1S/C26H26N6/c1-17-7-3-4-9-19(17)15-27-16-24-31-25(22-10-5-8-18(2)29-22)26(32-24)23-13-12-20-21(30-23)11-6-14-28-20/h3-14,25-27H,15-16H2,1-2H3,(H,31,32). The van der Waals surface area contributed by atoms with Crippen molar-refractivity contribution < 1.29 is 0 Å². The number of nitrogens with one attached hydrogen (secondary N) is 2. The van der Waals surface area contributed by atoms with E-state index in [1.807, 2.05) is 49.4 Å². The van der Waals surface area contributed by atoms with Crippen molar-refractivity contribution in [3.05, 3.63) is 101 Å². The highest BCUT2D eigenvalue weighted by Gasteiger charge is 2.33. The third kappa shape index (κ3) is 4.22. The second kappa shape index (κ2) is 8.85. The molecule has 3 aromatic heterocycles. The van der Waals surface area contributed by atoms with Gasteiger partial charge in [0.2, 0.25) is 0 Å². The first kappa shape index (κ1) is 20.3. The van der Waals surface area contributed by atoms with Crippen LogP contribution in [-0.4, -0.2) is 27.3 Å². The van der Waals surface area contributed by atoms with E-state index in [0.717, 1.165) is 40.5 Å². The molecule has 160 valence electrons. The van der Waals surface area contributed by atoms with Crippen LogP contribution in [0, 0.1) is 13.8 Å². The molecular formula is C26H26N6. The third-order valence-corrected chi connectivity index (χ3v) is 5.81. The number of rotatable bonds is 6. The second-order valence-electron chi connectivity index (χ2n) is 8.15. The van der Waals surface area contributed by atoms with Crippen molar-refractivity contribution in [1.82, 2.24) is 25.6 Å². The smallest absolute Gasteiger partial charge is 0.120 e. The van der Waals surface area contributed by atoms with Gasteiger partial charge in [-0.15, -0.1) is 0 Å². The topological polar surface area (TPSA) is 75.1 Å². The maximum absolute atomic E-state index is 5.02. The predicted molar refractivity (Wildman–Crippen MR) is 127 cm³/mol. The minimum absolute atomic E-state index is 0.0795. The van der Waals surface area contributed by atoms with Gasteiger partial charge in [0.1, 0.15) is 11.9 Å². The Balaban J connectivity index is 1.40. The average molecular weight is 423 g/mol. The van der Waals surface area contributed by atoms with E-state index < -0.39 is 0 Å². The SMILES string of the molecule is Cc1cccc(C2N=C(CNCc3ccccc3C)NC2c2ccc3ncccc3n2)n1. The summed E-state index contributed by atoms with van der Waals surface area (Å²) in [6.45, 7) is 5.60. The molecular weight excluding hydrogens is 396 g/mol. The van der Waals surface area contributed by atoms with Crippen LogP contribution in [0.15, 0.2) is 77.9 Å². The first-order valence-electron chi connectivity index (χ1n) is 10.9. The molecule has 0 radical (unpaired) electrons. The normalized spacial score (nSPS) is 17.9. The van der Waals surface area contributed by atoms with E-state index in [4.69, 9.17) is 15.0 Å². The molecule has 4 heterocycles. The van der Waals surface area contributed by atoms with Crippen LogP contribution in [0.1, 0.15) is 40.3 Å². The Kier molecular flexibility index (Phi) is 5.60. The lowest BCUT2D eigenvalue weighted by atomic mass is 10.0. The number of pyridine rings is 3. The van der Waals surface area contributed by atoms with Crippen LogP contribution in [0.5, 0.6) is 0 Å². The lowest BCUT2D eigenvalue weighted by molar-refractivity contribution is 0.546. The first-order chi connectivity index (χ1) is 15.7. The second-order valence-corrected chi connectivity index (χ2v) is 8.15. The number of aromatic nitrogens is 3. The highest BCUT2D eigenvalue weighted by atomic mass is 15.2. The van der Waals surface area contributed by atoms with Crippen LogP contribution in [0.25, 0.3) is 11.0 Å². The van der Waals surface area contributed by atoms with Crippen LogP contribution >= 0.6 is 0 Å². The van der Waals surface area contributed by atoms with Gasteiger partial charge in [-0.3, -0.25) is 15.0 Å². The van der Waals surface area contributed by atoms with E-state index >= 15 is 0 Å². The summed E-state index contributed by atoms with van der Waals surface area (Å²) in [7, 11) is 0. The van der Waals surface area contributed by atoms with Gasteiger partial charge in [-0.1, -0.05) is 30.3 Å². The Hall–Kier alpha value is -3.64. The van der Waals surface area contributed by atoms with Gasteiger partial charge >= 0.3 is 0 Å². The molecule has 0 spiro atoms. The maximum atomic E-state index is 5.02. The van der Waals surface area contributed by atoms with Crippen molar-refractivity contribution in [1.29, 1.82) is 0 Å². The number of nitrogens with zero attached hydrogens (tertiary/aromatic N) is 4. The van der Waals surface area contributed by atoms with E-state index in [-0.39, 0.29) is 12.1 Å². The third-order valence-electron chi connectivity index (χ3n) is 5.81. The van der Waals surface area contributed by atoms with Crippen molar-refractivity contribution >= 4 is 16.9 Å². The molecule has 0 aliphatic carbocycles. The first-order valence-corrected chi connectivity index (χ1v) is 10.9. The zero-order valence-corrected chi connectivity index (χ0v) is 18.3. The summed E-state index contributed by atoms with van der Waals surface area (Å²) >= 11 is 0. The fraction of sp³-hybridized carbons (Fsp3) is 0.231. The minimum atomic E-state index is -0.133. The van der Waals surface area contributed by atoms with Crippen molar-refractivity contribution in [3.8, 4) is 0 Å². The van der Waals surface area contributed by atoms with Gasteiger partial charge in [0.05, 0.1) is 35.0 Å². The Morgan fingerprint density at radius 1 is 0.812 bits per heavy atom. The van der Waals surface area contributed by atoms with E-state index in [1.165, 1.54) is 11.1 Å². The summed E-state index contributed by atoms with van der Waals surface area (Å²) in [6.07, 6.45) is 1.79. The Morgan fingerprint density at radius 3 is 2.59 bits per heavy atom. The van der Waals surface area contributed by atoms with Gasteiger partial charge in [-0.2, -0.15) is 0 Å². The van der Waals surface area contributed by atoms with E-state index in [0.29, 0.717) is 6.54 Å². The number of benzene rings is 1. The summed E-state index contributed by atoms with van der Waals surface area (Å²) < 4.78 is 0. The van der Waals surface area contributed by atoms with Gasteiger partial charge < -0.3 is 10.6 Å². The lowest BCUT2D eigenvalue weighted by Crippen LogP contribution is -2.33. The number of hydrogen-bond donors (Lipinski definition) is 2. The van der Waals surface area contributed by atoms with Crippen molar-refractivity contribution in [2.24, 2.45) is 4.99 Å². The molecule has 2 atom stereocenters. The van der Waals surface area contributed by atoms with Gasteiger partial charge in [-0.05, 0) is 61.4 Å². The van der Waals surface area contributed by atoms with Crippen LogP contribution in [0.3, 0.4) is 0 Å². The summed E-state index contributed by atoms with van der Waals surface area (Å²) in [6, 6.07) is 22.3. The number of fused-ring (bicyclic) bond motifs is 1. The number of aliphatic imine (C=N–C) groups is 1. The molecule has 0 bridgehead atoms. The van der Waals surface area contributed by atoms with E-state index in [2.05, 4.69) is 46.8 Å². The molecule has 0 fully saturated rings. The van der Waals surface area contributed by atoms with Crippen LogP contribution in [-0.2, 0) is 6.54 Å². The molecule has 1 aromatic carbocycles. The van der Waals surface area contributed by atoms with Crippen molar-refractivity contribution in [2.75, 3.05) is 6.54 Å². The molecule has 32 heavy (non-hydrogen) atoms. The molecule has 6 nitrogen and oxygen atoms in total. The highest BCUT2D eigenvalue weighted by Crippen LogP contribution is 2.35. The molecule has 2 N–H and O–H groups in total. The van der Waals surface area contributed by atoms with Gasteiger partial charge in [-0.25, -0.2) is 4.98 Å². The summed E-state index contributed by atoms with van der Waals surface area (Å²) in [5.41, 5.74) is 7.23. The van der Waals surface area contributed by atoms with Crippen LogP contribution in [0.2, 0.25) is 0 Å². The van der Waals surface area contributed by atoms with E-state index in [9.17, 15) is 0 Å². The number of amidine groups is 1. The Bertz CT molecular complexity index is 1280. The van der Waals surface area contributed by atoms with Gasteiger partial charge in [0, 0.05) is 18.4 Å². The van der Waals surface area contributed by atoms with Crippen LogP contribution < -0.4 is 10.6 Å². The predicted octanol–water partition coefficient (Wildman–Crippen LogP) is 4.22. The van der Waals surface area contributed by atoms with E-state index in [1.54, 1.807) is 6.20 Å². The zero-order valence-electron chi connectivity index (χ0n) is 18.3. The minimum Gasteiger partial charge on any atom is -0.362 e. The highest BCUT2D eigenvalue weighted by molar-refractivity contribution is 5.87. The Labute approximate surface area is 187 Å². The largest absolute Gasteiger partial charge is 0.362 e. The maximum Gasteiger partial charge on any atom is 0.120 e. The van der Waals surface area contributed by atoms with Crippen LogP contribution in [0.4, 0.5) is 0 Å². The molecule has 0 saturated heterocycles. The monoisotopic (exact) mass is 422 g/mol. The fourth-order valence-corrected chi connectivity index (χ4v) is 4.11. The molecule has 1 aliphatic heterocycles. The summed E-state index contributed by atoms with van der Waals surface area (Å²) in [4.78, 5) is 19.1. The lowest BCUT2D eigenvalue weighted by Gasteiger charge is -2.19. The zero-order chi connectivity index (χ0) is 21.9. The summed E-state index contributed by atoms with van der Waals surface area (Å²) in [5.74, 6) is 0.921. The van der Waals surface area contributed by atoms with Gasteiger partial charge in [0.25, 0.3) is 0 Å². The average Bonchev–Trinajstić information content (AvgIpc) is 3.24. The number of hydrogen-bond acceptors (Lipinski definition) is 6. The van der Waals surface area contributed by atoms with Crippen molar-refractivity contribution in [3.63, 3.8) is 0 Å². The molecule has 0 saturated carbocycles. The molecule has 6 heteroatoms. The van der Waals surface area contributed by atoms with Gasteiger partial charge in [0.15, 0.2) is 0 Å². The molecule has 4 aromatic rings. The number of aryl methyl sites for hydroxylation is 2. The molecule has 2 unspecified atom stereocenters. The molecule has 5 rings (SSSR count). The molecule has 0 amide bonds. The summed E-state index contributed by atoms with van der Waals surface area (Å²) in [5, 5.41) is 7.13. The van der Waals surface area contributed by atoms with Crippen molar-refractivity contribution in [2.45, 2.75) is 32.5 Å². The Morgan fingerprint density at radius 2 is 1.72 bits per heavy atom. The fourth-order valence-electron chi connectivity index (χ4n) is 4.11. The quantitative estimate of drug-likeness (QED) is 0.487.